The van der Waals surface area contributed by atoms with Gasteiger partial charge >= 0.3 is 0 Å². The Kier molecular flexibility index (Phi) is 5.44. The van der Waals surface area contributed by atoms with Crippen molar-refractivity contribution in [2.45, 2.75) is 59.0 Å². The van der Waals surface area contributed by atoms with Gasteiger partial charge in [-0.25, -0.2) is 0 Å². The second kappa shape index (κ2) is 8.20. The average molecular weight is 503 g/mol. The minimum Gasteiger partial charge on any atom is -0.507 e. The summed E-state index contributed by atoms with van der Waals surface area (Å²) in [5, 5.41) is 44.4. The molecular weight excluding hydrogens is 472 g/mol. The molecule has 7 heteroatoms. The molecule has 3 aromatic rings. The Bertz CT molecular complexity index is 1630. The number of fused-ring (bicyclic) bond motifs is 5. The van der Waals surface area contributed by atoms with Crippen LogP contribution < -0.4 is 10.2 Å². The third-order valence-electron chi connectivity index (χ3n) is 7.12. The summed E-state index contributed by atoms with van der Waals surface area (Å²) in [4.78, 5) is 13.8. The Hall–Kier alpha value is -4.13. The predicted molar refractivity (Wildman–Crippen MR) is 143 cm³/mol. The van der Waals surface area contributed by atoms with Crippen LogP contribution >= 0.6 is 0 Å². The number of aromatic hydroxyl groups is 4. The van der Waals surface area contributed by atoms with Crippen molar-refractivity contribution in [1.82, 2.24) is 0 Å². The molecule has 0 radical (unpaired) electrons. The molecule has 5 rings (SSSR count). The van der Waals surface area contributed by atoms with Crippen LogP contribution in [-0.2, 0) is 12.8 Å². The highest BCUT2D eigenvalue weighted by Crippen LogP contribution is 2.57. The zero-order valence-electron chi connectivity index (χ0n) is 21.5. The third-order valence-corrected chi connectivity index (χ3v) is 7.12. The van der Waals surface area contributed by atoms with Crippen LogP contribution in [0, 0.1) is 0 Å². The van der Waals surface area contributed by atoms with E-state index in [1.807, 2.05) is 33.8 Å². The predicted octanol–water partition coefficient (Wildman–Crippen LogP) is 6.19. The minimum atomic E-state index is -0.697. The number of hydrogen-bond donors (Lipinski definition) is 4. The lowest BCUT2D eigenvalue weighted by Gasteiger charge is -2.34. The van der Waals surface area contributed by atoms with Crippen LogP contribution in [0.25, 0.3) is 28.4 Å². The van der Waals surface area contributed by atoms with Crippen LogP contribution in [0.3, 0.4) is 0 Å². The number of rotatable bonds is 3. The molecule has 0 spiro atoms. The van der Waals surface area contributed by atoms with E-state index in [1.54, 1.807) is 19.1 Å². The van der Waals surface area contributed by atoms with Crippen LogP contribution in [0.15, 0.2) is 45.2 Å². The molecule has 37 heavy (non-hydrogen) atoms. The Morgan fingerprint density at radius 2 is 1.84 bits per heavy atom. The Balaban J connectivity index is 1.86. The SMILES string of the molecule is C=C(C)C1Cc2c(oc3cc(O)c(CC=C(C)C)c(O)c3c2=O)-c2c(O)c3c(c(O)c21)OC(C)(C)C=C3. The maximum Gasteiger partial charge on any atom is 0.200 e. The molecule has 0 saturated carbocycles. The lowest BCUT2D eigenvalue weighted by molar-refractivity contribution is 0.151. The Morgan fingerprint density at radius 1 is 1.14 bits per heavy atom. The molecule has 1 atom stereocenters. The maximum absolute atomic E-state index is 13.8. The van der Waals surface area contributed by atoms with Gasteiger partial charge in [0.2, 0.25) is 0 Å². The molecule has 0 saturated heterocycles. The van der Waals surface area contributed by atoms with Crippen molar-refractivity contribution in [2.75, 3.05) is 0 Å². The third kappa shape index (κ3) is 3.68. The normalized spacial score (nSPS) is 16.9. The molecule has 2 heterocycles. The second-order valence-electron chi connectivity index (χ2n) is 10.7. The number of benzene rings is 2. The fraction of sp³-hybridized carbons (Fsp3) is 0.300. The fourth-order valence-corrected chi connectivity index (χ4v) is 5.17. The van der Waals surface area contributed by atoms with Gasteiger partial charge in [-0.1, -0.05) is 23.8 Å². The van der Waals surface area contributed by atoms with Crippen molar-refractivity contribution in [3.8, 4) is 40.1 Å². The maximum atomic E-state index is 13.8. The van der Waals surface area contributed by atoms with E-state index >= 15 is 0 Å². The first-order valence-corrected chi connectivity index (χ1v) is 12.1. The Morgan fingerprint density at radius 3 is 2.49 bits per heavy atom. The summed E-state index contributed by atoms with van der Waals surface area (Å²) in [6.45, 7) is 13.3. The standard InChI is InChI=1S/C30H30O7/c1-13(2)7-8-15-19(31)12-20-22(24(15)32)26(34)18-11-17(14(3)4)21-23(28(18)36-20)25(33)16-9-10-30(5,6)37-29(16)27(21)35/h7,9-10,12,17,31-33,35H,3,8,11H2,1-2,4-6H3. The van der Waals surface area contributed by atoms with Crippen molar-refractivity contribution >= 4 is 17.0 Å². The molecule has 2 aliphatic rings. The van der Waals surface area contributed by atoms with E-state index in [1.165, 1.54) is 6.07 Å². The van der Waals surface area contributed by atoms with E-state index in [2.05, 4.69) is 6.58 Å². The van der Waals surface area contributed by atoms with Crippen LogP contribution in [0.5, 0.6) is 28.7 Å². The van der Waals surface area contributed by atoms with Crippen molar-refractivity contribution in [3.05, 3.63) is 68.4 Å². The summed E-state index contributed by atoms with van der Waals surface area (Å²) in [5.41, 5.74) is 1.77. The molecule has 0 fully saturated rings. The van der Waals surface area contributed by atoms with Crippen molar-refractivity contribution in [2.24, 2.45) is 0 Å². The van der Waals surface area contributed by atoms with Gasteiger partial charge in [-0.2, -0.15) is 0 Å². The second-order valence-corrected chi connectivity index (χ2v) is 10.7. The van der Waals surface area contributed by atoms with E-state index in [9.17, 15) is 25.2 Å². The number of phenols is 4. The summed E-state index contributed by atoms with van der Waals surface area (Å²) in [6, 6.07) is 1.30. The van der Waals surface area contributed by atoms with E-state index < -0.39 is 16.9 Å². The Labute approximate surface area is 214 Å². The van der Waals surface area contributed by atoms with Crippen LogP contribution in [0.4, 0.5) is 0 Å². The molecule has 1 aliphatic carbocycles. The first-order chi connectivity index (χ1) is 17.3. The van der Waals surface area contributed by atoms with E-state index in [0.29, 0.717) is 11.1 Å². The summed E-state index contributed by atoms with van der Waals surface area (Å²) < 4.78 is 12.1. The summed E-state index contributed by atoms with van der Waals surface area (Å²) >= 11 is 0. The van der Waals surface area contributed by atoms with Crippen molar-refractivity contribution in [1.29, 1.82) is 0 Å². The van der Waals surface area contributed by atoms with Gasteiger partial charge in [-0.15, -0.1) is 0 Å². The molecule has 1 unspecified atom stereocenters. The number of phenolic OH excluding ortho intramolecular Hbond substituents is 4. The van der Waals surface area contributed by atoms with E-state index in [-0.39, 0.29) is 80.6 Å². The van der Waals surface area contributed by atoms with Gasteiger partial charge in [0.15, 0.2) is 16.9 Å². The lowest BCUT2D eigenvalue weighted by atomic mass is 9.76. The van der Waals surface area contributed by atoms with Crippen molar-refractivity contribution in [3.63, 3.8) is 0 Å². The van der Waals surface area contributed by atoms with Crippen molar-refractivity contribution < 1.29 is 29.6 Å². The van der Waals surface area contributed by atoms with Gasteiger partial charge in [0, 0.05) is 28.7 Å². The first kappa shape index (κ1) is 24.6. The summed E-state index contributed by atoms with van der Waals surface area (Å²) in [7, 11) is 0. The number of hydrogen-bond acceptors (Lipinski definition) is 7. The summed E-state index contributed by atoms with van der Waals surface area (Å²) in [6.07, 6.45) is 5.67. The molecule has 2 aromatic carbocycles. The smallest absolute Gasteiger partial charge is 0.200 e. The largest absolute Gasteiger partial charge is 0.507 e. The monoisotopic (exact) mass is 502 g/mol. The van der Waals surface area contributed by atoms with Gasteiger partial charge in [0.05, 0.1) is 11.1 Å². The lowest BCUT2D eigenvalue weighted by Crippen LogP contribution is -2.28. The van der Waals surface area contributed by atoms with Gasteiger partial charge in [-0.3, -0.25) is 4.79 Å². The minimum absolute atomic E-state index is 0.0241. The molecule has 0 amide bonds. The van der Waals surface area contributed by atoms with E-state index in [4.69, 9.17) is 9.15 Å². The molecule has 7 nitrogen and oxygen atoms in total. The summed E-state index contributed by atoms with van der Waals surface area (Å²) in [5.74, 6) is -1.17. The highest BCUT2D eigenvalue weighted by Gasteiger charge is 2.40. The molecule has 192 valence electrons. The van der Waals surface area contributed by atoms with Gasteiger partial charge < -0.3 is 29.6 Å². The van der Waals surface area contributed by atoms with Gasteiger partial charge in [0.25, 0.3) is 0 Å². The van der Waals surface area contributed by atoms with Crippen LogP contribution in [-0.4, -0.2) is 26.0 Å². The quantitative estimate of drug-likeness (QED) is 0.249. The van der Waals surface area contributed by atoms with Gasteiger partial charge in [0.1, 0.15) is 39.6 Å². The highest BCUT2D eigenvalue weighted by atomic mass is 16.5. The molecule has 1 aromatic heterocycles. The first-order valence-electron chi connectivity index (χ1n) is 12.1. The van der Waals surface area contributed by atoms with Crippen LogP contribution in [0.1, 0.15) is 62.8 Å². The van der Waals surface area contributed by atoms with E-state index in [0.717, 1.165) is 5.57 Å². The fourth-order valence-electron chi connectivity index (χ4n) is 5.17. The zero-order valence-corrected chi connectivity index (χ0v) is 21.5. The molecular formula is C30H30O7. The number of ether oxygens (including phenoxy) is 1. The molecule has 1 aliphatic heterocycles. The van der Waals surface area contributed by atoms with Crippen LogP contribution in [0.2, 0.25) is 0 Å². The zero-order chi connectivity index (χ0) is 27.0. The highest BCUT2D eigenvalue weighted by molar-refractivity contribution is 5.93. The average Bonchev–Trinajstić information content (AvgIpc) is 2.80. The molecule has 4 N–H and O–H groups in total. The molecule has 0 bridgehead atoms. The van der Waals surface area contributed by atoms with Gasteiger partial charge in [-0.05, 0) is 59.6 Å². The topological polar surface area (TPSA) is 120 Å². The number of allylic oxidation sites excluding steroid dienone is 3.